The summed E-state index contributed by atoms with van der Waals surface area (Å²) in [7, 11) is 0. The molecular formula is C14H11NO3. The van der Waals surface area contributed by atoms with Crippen LogP contribution in [0, 0.1) is 10.1 Å². The van der Waals surface area contributed by atoms with Crippen molar-refractivity contribution in [2.45, 2.75) is 12.2 Å². The maximum absolute atomic E-state index is 10.6. The molecule has 4 heteroatoms. The summed E-state index contributed by atoms with van der Waals surface area (Å²) in [5.74, 6) is 0. The van der Waals surface area contributed by atoms with Gasteiger partial charge >= 0.3 is 0 Å². The van der Waals surface area contributed by atoms with E-state index in [0.29, 0.717) is 0 Å². The largest absolute Gasteiger partial charge is 0.359 e. The molecule has 2 unspecified atom stereocenters. The van der Waals surface area contributed by atoms with E-state index >= 15 is 0 Å². The first-order valence-electron chi connectivity index (χ1n) is 5.70. The summed E-state index contributed by atoms with van der Waals surface area (Å²) < 4.78 is 5.62. The molecule has 2 atom stereocenters. The van der Waals surface area contributed by atoms with Crippen molar-refractivity contribution in [1.82, 2.24) is 0 Å². The molecule has 2 aromatic carbocycles. The van der Waals surface area contributed by atoms with Crippen molar-refractivity contribution in [2.24, 2.45) is 0 Å². The molecule has 18 heavy (non-hydrogen) atoms. The third-order valence-electron chi connectivity index (χ3n) is 3.05. The van der Waals surface area contributed by atoms with E-state index in [1.807, 2.05) is 30.3 Å². The van der Waals surface area contributed by atoms with Gasteiger partial charge < -0.3 is 4.74 Å². The van der Waals surface area contributed by atoms with Crippen LogP contribution >= 0.6 is 0 Å². The van der Waals surface area contributed by atoms with Gasteiger partial charge in [-0.25, -0.2) is 0 Å². The van der Waals surface area contributed by atoms with Crippen LogP contribution in [0.4, 0.5) is 5.69 Å². The Morgan fingerprint density at radius 1 is 0.889 bits per heavy atom. The summed E-state index contributed by atoms with van der Waals surface area (Å²) in [4.78, 5) is 10.2. The van der Waals surface area contributed by atoms with Crippen LogP contribution in [0.5, 0.6) is 0 Å². The van der Waals surface area contributed by atoms with Gasteiger partial charge in [0, 0.05) is 12.1 Å². The van der Waals surface area contributed by atoms with Crippen molar-refractivity contribution in [2.75, 3.05) is 0 Å². The molecule has 3 rings (SSSR count). The average molecular weight is 241 g/mol. The number of nitro groups is 1. The van der Waals surface area contributed by atoms with Gasteiger partial charge in [0.1, 0.15) is 12.2 Å². The van der Waals surface area contributed by atoms with Crippen LogP contribution < -0.4 is 0 Å². The Morgan fingerprint density at radius 2 is 1.44 bits per heavy atom. The fourth-order valence-corrected chi connectivity index (χ4v) is 2.05. The Hall–Kier alpha value is -2.20. The van der Waals surface area contributed by atoms with E-state index < -0.39 is 4.92 Å². The zero-order valence-corrected chi connectivity index (χ0v) is 9.52. The van der Waals surface area contributed by atoms with Gasteiger partial charge in [0.15, 0.2) is 0 Å². The lowest BCUT2D eigenvalue weighted by atomic mass is 10.0. The van der Waals surface area contributed by atoms with Crippen molar-refractivity contribution >= 4 is 5.69 Å². The Bertz CT molecular complexity index is 565. The second-order valence-electron chi connectivity index (χ2n) is 4.24. The monoisotopic (exact) mass is 241 g/mol. The Kier molecular flexibility index (Phi) is 2.57. The molecule has 90 valence electrons. The molecule has 0 bridgehead atoms. The normalized spacial score (nSPS) is 21.6. The standard InChI is InChI=1S/C14H11NO3/c16-15(17)12-8-6-11(7-9-12)14-13(18-14)10-4-2-1-3-5-10/h1-9,13-14H. The van der Waals surface area contributed by atoms with E-state index in [4.69, 9.17) is 4.74 Å². The Morgan fingerprint density at radius 3 is 2.00 bits per heavy atom. The number of epoxide rings is 1. The topological polar surface area (TPSA) is 55.7 Å². The lowest BCUT2D eigenvalue weighted by molar-refractivity contribution is -0.384. The predicted octanol–water partition coefficient (Wildman–Crippen LogP) is 3.41. The smallest absolute Gasteiger partial charge is 0.269 e. The molecule has 0 aliphatic carbocycles. The van der Waals surface area contributed by atoms with Crippen molar-refractivity contribution < 1.29 is 9.66 Å². The summed E-state index contributed by atoms with van der Waals surface area (Å²) in [6.07, 6.45) is 0.0980. The van der Waals surface area contributed by atoms with Crippen LogP contribution in [-0.2, 0) is 4.74 Å². The van der Waals surface area contributed by atoms with Gasteiger partial charge in [-0.05, 0) is 23.3 Å². The minimum Gasteiger partial charge on any atom is -0.359 e. The fraction of sp³-hybridized carbons (Fsp3) is 0.143. The molecule has 0 saturated carbocycles. The number of hydrogen-bond acceptors (Lipinski definition) is 3. The molecule has 0 aromatic heterocycles. The first-order chi connectivity index (χ1) is 8.75. The van der Waals surface area contributed by atoms with E-state index in [0.717, 1.165) is 11.1 Å². The summed E-state index contributed by atoms with van der Waals surface area (Å²) in [6, 6.07) is 16.5. The van der Waals surface area contributed by atoms with E-state index in [1.54, 1.807) is 12.1 Å². The van der Waals surface area contributed by atoms with Gasteiger partial charge in [0.05, 0.1) is 4.92 Å². The number of benzene rings is 2. The van der Waals surface area contributed by atoms with E-state index in [-0.39, 0.29) is 17.9 Å². The van der Waals surface area contributed by atoms with Crippen LogP contribution in [0.3, 0.4) is 0 Å². The second-order valence-corrected chi connectivity index (χ2v) is 4.24. The summed E-state index contributed by atoms with van der Waals surface area (Å²) in [5, 5.41) is 10.6. The molecule has 0 amide bonds. The van der Waals surface area contributed by atoms with Crippen molar-refractivity contribution in [3.63, 3.8) is 0 Å². The van der Waals surface area contributed by atoms with E-state index in [2.05, 4.69) is 0 Å². The third-order valence-corrected chi connectivity index (χ3v) is 3.05. The Balaban J connectivity index is 1.77. The molecule has 1 aliphatic heterocycles. The highest BCUT2D eigenvalue weighted by Crippen LogP contribution is 2.50. The van der Waals surface area contributed by atoms with Gasteiger partial charge in [-0.2, -0.15) is 0 Å². The molecule has 1 saturated heterocycles. The summed E-state index contributed by atoms with van der Waals surface area (Å²) >= 11 is 0. The number of ether oxygens (including phenoxy) is 1. The predicted molar refractivity (Wildman–Crippen MR) is 66.1 cm³/mol. The highest BCUT2D eigenvalue weighted by molar-refractivity contribution is 5.37. The van der Waals surface area contributed by atoms with E-state index in [1.165, 1.54) is 12.1 Å². The van der Waals surface area contributed by atoms with Crippen LogP contribution in [0.15, 0.2) is 54.6 Å². The maximum Gasteiger partial charge on any atom is 0.269 e. The highest BCUT2D eigenvalue weighted by atomic mass is 16.6. The minimum atomic E-state index is -0.397. The van der Waals surface area contributed by atoms with E-state index in [9.17, 15) is 10.1 Å². The maximum atomic E-state index is 10.6. The first kappa shape index (κ1) is 10.9. The summed E-state index contributed by atoms with van der Waals surface area (Å²) in [5.41, 5.74) is 2.23. The lowest BCUT2D eigenvalue weighted by Crippen LogP contribution is -1.89. The molecule has 2 aromatic rings. The molecule has 1 aliphatic rings. The lowest BCUT2D eigenvalue weighted by Gasteiger charge is -1.97. The quantitative estimate of drug-likeness (QED) is 0.470. The zero-order chi connectivity index (χ0) is 12.5. The number of nitro benzene ring substituents is 1. The third kappa shape index (κ3) is 1.98. The van der Waals surface area contributed by atoms with Crippen LogP contribution in [0.25, 0.3) is 0 Å². The molecule has 0 N–H and O–H groups in total. The first-order valence-corrected chi connectivity index (χ1v) is 5.70. The van der Waals surface area contributed by atoms with Crippen molar-refractivity contribution in [3.8, 4) is 0 Å². The van der Waals surface area contributed by atoms with Gasteiger partial charge in [0.25, 0.3) is 5.69 Å². The van der Waals surface area contributed by atoms with Crippen LogP contribution in [0.1, 0.15) is 23.3 Å². The molecule has 4 nitrogen and oxygen atoms in total. The summed E-state index contributed by atoms with van der Waals surface area (Å²) in [6.45, 7) is 0. The Labute approximate surface area is 104 Å². The van der Waals surface area contributed by atoms with Crippen LogP contribution in [0.2, 0.25) is 0 Å². The van der Waals surface area contributed by atoms with Gasteiger partial charge in [-0.15, -0.1) is 0 Å². The number of non-ortho nitro benzene ring substituents is 1. The number of rotatable bonds is 3. The number of hydrogen-bond donors (Lipinski definition) is 0. The highest BCUT2D eigenvalue weighted by Gasteiger charge is 2.41. The average Bonchev–Trinajstić information content (AvgIpc) is 3.20. The fourth-order valence-electron chi connectivity index (χ4n) is 2.05. The number of nitrogens with zero attached hydrogens (tertiary/aromatic N) is 1. The molecule has 0 radical (unpaired) electrons. The van der Waals surface area contributed by atoms with Crippen molar-refractivity contribution in [1.29, 1.82) is 0 Å². The molecule has 1 heterocycles. The SMILES string of the molecule is O=[N+]([O-])c1ccc(C2OC2c2ccccc2)cc1. The van der Waals surface area contributed by atoms with Gasteiger partial charge in [-0.3, -0.25) is 10.1 Å². The molecular weight excluding hydrogens is 230 g/mol. The molecule has 1 fully saturated rings. The second kappa shape index (κ2) is 4.23. The van der Waals surface area contributed by atoms with Gasteiger partial charge in [0.2, 0.25) is 0 Å². The zero-order valence-electron chi connectivity index (χ0n) is 9.52. The van der Waals surface area contributed by atoms with Gasteiger partial charge in [-0.1, -0.05) is 30.3 Å². The molecule has 0 spiro atoms. The van der Waals surface area contributed by atoms with Crippen molar-refractivity contribution in [3.05, 3.63) is 75.8 Å². The van der Waals surface area contributed by atoms with Crippen LogP contribution in [-0.4, -0.2) is 4.92 Å². The minimum absolute atomic E-state index is 0.0215.